The molecule has 0 saturated carbocycles. The Morgan fingerprint density at radius 3 is 2.85 bits per heavy atom. The molecule has 2 aromatic heterocycles. The lowest BCUT2D eigenvalue weighted by Crippen LogP contribution is -2.37. The van der Waals surface area contributed by atoms with E-state index in [-0.39, 0.29) is 12.0 Å². The van der Waals surface area contributed by atoms with E-state index in [0.717, 1.165) is 0 Å². The summed E-state index contributed by atoms with van der Waals surface area (Å²) in [5.41, 5.74) is 1.22. The average Bonchev–Trinajstić information content (AvgIpc) is 3.40. The van der Waals surface area contributed by atoms with Crippen LogP contribution in [0.4, 0.5) is 15.9 Å². The number of hydrogen-bond acceptors (Lipinski definition) is 9. The van der Waals surface area contributed by atoms with Crippen molar-refractivity contribution >= 4 is 44.9 Å². The Hall–Kier alpha value is -3.31. The number of fused-ring (bicyclic) bond motifs is 1. The van der Waals surface area contributed by atoms with E-state index in [2.05, 4.69) is 15.3 Å². The molecule has 1 fully saturated rings. The zero-order valence-electron chi connectivity index (χ0n) is 19.4. The summed E-state index contributed by atoms with van der Waals surface area (Å²) in [6, 6.07) is 4.21. The van der Waals surface area contributed by atoms with Gasteiger partial charge in [-0.25, -0.2) is 19.2 Å². The molecule has 0 aliphatic carbocycles. The number of ether oxygens (including phenoxy) is 2. The van der Waals surface area contributed by atoms with E-state index in [1.165, 1.54) is 36.9 Å². The Balaban J connectivity index is 1.58. The van der Waals surface area contributed by atoms with Gasteiger partial charge in [-0.1, -0.05) is 0 Å². The molecule has 11 heteroatoms. The SMILES string of the molecule is COC(=O)c1sc2ncnc(Nc3ccc(F)cc3OC3CCN(C(=O)CN(C)C)C3)c2c1C. The van der Waals surface area contributed by atoms with Gasteiger partial charge < -0.3 is 24.6 Å². The van der Waals surface area contributed by atoms with Gasteiger partial charge in [-0.3, -0.25) is 4.79 Å². The van der Waals surface area contributed by atoms with Crippen LogP contribution in [0.5, 0.6) is 5.75 Å². The lowest BCUT2D eigenvalue weighted by atomic mass is 10.2. The number of methoxy groups -OCH3 is 1. The van der Waals surface area contributed by atoms with Crippen LogP contribution in [0.3, 0.4) is 0 Å². The molecule has 180 valence electrons. The first-order valence-corrected chi connectivity index (χ1v) is 11.6. The summed E-state index contributed by atoms with van der Waals surface area (Å²) in [6.45, 7) is 3.16. The zero-order chi connectivity index (χ0) is 24.4. The molecule has 1 aliphatic rings. The Morgan fingerprint density at radius 2 is 2.12 bits per heavy atom. The zero-order valence-corrected chi connectivity index (χ0v) is 20.2. The van der Waals surface area contributed by atoms with Gasteiger partial charge in [0, 0.05) is 19.0 Å². The third-order valence-corrected chi connectivity index (χ3v) is 6.72. The molecule has 1 unspecified atom stereocenters. The van der Waals surface area contributed by atoms with E-state index in [0.29, 0.717) is 64.0 Å². The highest BCUT2D eigenvalue weighted by atomic mass is 32.1. The highest BCUT2D eigenvalue weighted by Crippen LogP contribution is 2.37. The van der Waals surface area contributed by atoms with E-state index in [1.807, 2.05) is 19.0 Å². The molecular weight excluding hydrogens is 461 g/mol. The maximum atomic E-state index is 14.1. The third-order valence-electron chi connectivity index (χ3n) is 5.54. The molecule has 1 saturated heterocycles. The molecule has 0 radical (unpaired) electrons. The first-order chi connectivity index (χ1) is 16.3. The molecule has 1 aromatic carbocycles. The number of benzene rings is 1. The monoisotopic (exact) mass is 487 g/mol. The van der Waals surface area contributed by atoms with E-state index in [9.17, 15) is 14.0 Å². The second-order valence-corrected chi connectivity index (χ2v) is 9.32. The summed E-state index contributed by atoms with van der Waals surface area (Å²) in [5.74, 6) is -0.0517. The Labute approximate surface area is 200 Å². The smallest absolute Gasteiger partial charge is 0.348 e. The van der Waals surface area contributed by atoms with Gasteiger partial charge in [0.1, 0.15) is 39.5 Å². The van der Waals surface area contributed by atoms with Crippen LogP contribution >= 0.6 is 11.3 Å². The highest BCUT2D eigenvalue weighted by molar-refractivity contribution is 7.20. The predicted octanol–water partition coefficient (Wildman–Crippen LogP) is 3.21. The predicted molar refractivity (Wildman–Crippen MR) is 127 cm³/mol. The van der Waals surface area contributed by atoms with E-state index < -0.39 is 11.8 Å². The van der Waals surface area contributed by atoms with Gasteiger partial charge in [0.25, 0.3) is 0 Å². The first-order valence-electron chi connectivity index (χ1n) is 10.7. The molecule has 34 heavy (non-hydrogen) atoms. The lowest BCUT2D eigenvalue weighted by molar-refractivity contribution is -0.131. The quantitative estimate of drug-likeness (QED) is 0.508. The van der Waals surface area contributed by atoms with Crippen molar-refractivity contribution in [2.24, 2.45) is 0 Å². The normalized spacial score (nSPS) is 15.7. The van der Waals surface area contributed by atoms with Crippen LogP contribution < -0.4 is 10.1 Å². The maximum Gasteiger partial charge on any atom is 0.348 e. The second kappa shape index (κ2) is 9.90. The van der Waals surface area contributed by atoms with Crippen LogP contribution in [0.15, 0.2) is 24.5 Å². The number of thiophene rings is 1. The largest absolute Gasteiger partial charge is 0.486 e. The number of hydrogen-bond donors (Lipinski definition) is 1. The Morgan fingerprint density at radius 1 is 1.32 bits per heavy atom. The van der Waals surface area contributed by atoms with Crippen molar-refractivity contribution in [2.75, 3.05) is 46.2 Å². The molecule has 0 spiro atoms. The standard InChI is InChI=1S/C23H26FN5O4S/c1-13-19-21(25-12-26-22(19)34-20(13)23(31)32-4)27-16-6-5-14(24)9-17(16)33-15-7-8-29(10-15)18(30)11-28(2)3/h5-6,9,12,15H,7-8,10-11H2,1-4H3,(H,25,26,27). The number of likely N-dealkylation sites (N-methyl/N-ethyl adjacent to an activating group) is 1. The van der Waals surface area contributed by atoms with Crippen molar-refractivity contribution in [3.8, 4) is 5.75 Å². The molecule has 3 aromatic rings. The fraction of sp³-hybridized carbons (Fsp3) is 0.391. The number of anilines is 2. The Kier molecular flexibility index (Phi) is 6.94. The summed E-state index contributed by atoms with van der Waals surface area (Å²) in [6.07, 6.45) is 1.79. The molecular formula is C23H26FN5O4S. The van der Waals surface area contributed by atoms with Crippen molar-refractivity contribution < 1.29 is 23.5 Å². The van der Waals surface area contributed by atoms with Gasteiger partial charge in [-0.05, 0) is 38.7 Å². The second-order valence-electron chi connectivity index (χ2n) is 8.32. The van der Waals surface area contributed by atoms with E-state index >= 15 is 0 Å². The number of aryl methyl sites for hydroxylation is 1. The lowest BCUT2D eigenvalue weighted by Gasteiger charge is -2.20. The number of rotatable bonds is 7. The number of carbonyl (C=O) groups is 2. The third kappa shape index (κ3) is 4.95. The maximum absolute atomic E-state index is 14.1. The number of amides is 1. The summed E-state index contributed by atoms with van der Waals surface area (Å²) >= 11 is 1.22. The van der Waals surface area contributed by atoms with Crippen LogP contribution in [0.2, 0.25) is 0 Å². The molecule has 1 amide bonds. The fourth-order valence-electron chi connectivity index (χ4n) is 3.88. The van der Waals surface area contributed by atoms with Crippen LogP contribution in [0, 0.1) is 12.7 Å². The van der Waals surface area contributed by atoms with Crippen molar-refractivity contribution in [3.05, 3.63) is 40.8 Å². The average molecular weight is 488 g/mol. The van der Waals surface area contributed by atoms with Gasteiger partial charge >= 0.3 is 5.97 Å². The number of halogens is 1. The van der Waals surface area contributed by atoms with Crippen LogP contribution in [-0.2, 0) is 9.53 Å². The molecule has 9 nitrogen and oxygen atoms in total. The summed E-state index contributed by atoms with van der Waals surface area (Å²) in [4.78, 5) is 37.8. The van der Waals surface area contributed by atoms with Crippen LogP contribution in [0.1, 0.15) is 21.7 Å². The molecule has 1 aliphatic heterocycles. The van der Waals surface area contributed by atoms with Crippen molar-refractivity contribution in [1.82, 2.24) is 19.8 Å². The highest BCUT2D eigenvalue weighted by Gasteiger charge is 2.28. The number of nitrogens with zero attached hydrogens (tertiary/aromatic N) is 4. The minimum absolute atomic E-state index is 0.0337. The number of carbonyl (C=O) groups excluding carboxylic acids is 2. The topological polar surface area (TPSA) is 96.9 Å². The van der Waals surface area contributed by atoms with Crippen molar-refractivity contribution in [2.45, 2.75) is 19.4 Å². The molecule has 1 N–H and O–H groups in total. The molecule has 3 heterocycles. The van der Waals surface area contributed by atoms with Crippen molar-refractivity contribution in [1.29, 1.82) is 0 Å². The molecule has 0 bridgehead atoms. The molecule has 1 atom stereocenters. The van der Waals surface area contributed by atoms with E-state index in [1.54, 1.807) is 17.9 Å². The minimum Gasteiger partial charge on any atom is -0.486 e. The van der Waals surface area contributed by atoms with E-state index in [4.69, 9.17) is 9.47 Å². The Bertz CT molecular complexity index is 1230. The summed E-state index contributed by atoms with van der Waals surface area (Å²) in [5, 5.41) is 3.90. The van der Waals surface area contributed by atoms with Gasteiger partial charge in [0.2, 0.25) is 5.91 Å². The first kappa shape index (κ1) is 23.8. The number of likely N-dealkylation sites (tertiary alicyclic amines) is 1. The van der Waals surface area contributed by atoms with Gasteiger partial charge in [0.05, 0.1) is 31.3 Å². The fourth-order valence-corrected chi connectivity index (χ4v) is 4.95. The summed E-state index contributed by atoms with van der Waals surface area (Å²) < 4.78 is 25.1. The van der Waals surface area contributed by atoms with Gasteiger partial charge in [0.15, 0.2) is 0 Å². The van der Waals surface area contributed by atoms with Crippen molar-refractivity contribution in [3.63, 3.8) is 0 Å². The van der Waals surface area contributed by atoms with Gasteiger partial charge in [-0.15, -0.1) is 11.3 Å². The van der Waals surface area contributed by atoms with Crippen LogP contribution in [0.25, 0.3) is 10.2 Å². The minimum atomic E-state index is -0.438. The number of nitrogens with one attached hydrogen (secondary N) is 1. The van der Waals surface area contributed by atoms with Crippen LogP contribution in [-0.4, -0.2) is 78.6 Å². The number of esters is 1. The molecule has 4 rings (SSSR count). The summed E-state index contributed by atoms with van der Waals surface area (Å²) in [7, 11) is 5.03. The number of aromatic nitrogens is 2. The van der Waals surface area contributed by atoms with Gasteiger partial charge in [-0.2, -0.15) is 0 Å².